The Morgan fingerprint density at radius 1 is 1.18 bits per heavy atom. The summed E-state index contributed by atoms with van der Waals surface area (Å²) in [6.07, 6.45) is 0. The van der Waals surface area contributed by atoms with Crippen LogP contribution in [0.5, 0.6) is 0 Å². The Labute approximate surface area is 165 Å². The van der Waals surface area contributed by atoms with Gasteiger partial charge in [0.05, 0.1) is 6.54 Å². The number of thiocarbonyl (C=S) groups is 1. The second kappa shape index (κ2) is 8.05. The lowest BCUT2D eigenvalue weighted by atomic mass is 10.2. The summed E-state index contributed by atoms with van der Waals surface area (Å²) in [6.45, 7) is 0.196. The summed E-state index contributed by atoms with van der Waals surface area (Å²) >= 11 is 5.32. The van der Waals surface area contributed by atoms with Crippen molar-refractivity contribution in [3.63, 3.8) is 0 Å². The van der Waals surface area contributed by atoms with Gasteiger partial charge in [-0.25, -0.2) is 9.18 Å². The second-order valence-electron chi connectivity index (χ2n) is 6.06. The van der Waals surface area contributed by atoms with Crippen LogP contribution in [0.1, 0.15) is 5.56 Å². The van der Waals surface area contributed by atoms with Gasteiger partial charge in [0.25, 0.3) is 5.56 Å². The third-order valence-electron chi connectivity index (χ3n) is 4.13. The van der Waals surface area contributed by atoms with Gasteiger partial charge in [-0.3, -0.25) is 14.3 Å². The number of anilines is 3. The molecule has 0 aliphatic heterocycles. The fourth-order valence-electron chi connectivity index (χ4n) is 2.67. The van der Waals surface area contributed by atoms with Crippen LogP contribution in [0.4, 0.5) is 21.6 Å². The quantitative estimate of drug-likeness (QED) is 0.582. The van der Waals surface area contributed by atoms with Crippen LogP contribution in [0.3, 0.4) is 0 Å². The average Bonchev–Trinajstić information content (AvgIpc) is 2.67. The molecule has 3 aromatic rings. The number of aromatic amines is 1. The van der Waals surface area contributed by atoms with Crippen LogP contribution in [0.15, 0.2) is 64.2 Å². The molecular weight excluding hydrogens is 381 g/mol. The monoisotopic (exact) mass is 399 g/mol. The number of H-pyrrole nitrogens is 1. The zero-order valence-electron chi connectivity index (χ0n) is 15.0. The highest BCUT2D eigenvalue weighted by Gasteiger charge is 2.19. The minimum absolute atomic E-state index is 0.0108. The van der Waals surface area contributed by atoms with Gasteiger partial charge in [-0.05, 0) is 42.0 Å². The molecule has 0 atom stereocenters. The first-order valence-electron chi connectivity index (χ1n) is 8.33. The first-order chi connectivity index (χ1) is 13.4. The van der Waals surface area contributed by atoms with Crippen molar-refractivity contribution in [1.29, 1.82) is 0 Å². The molecule has 7 nitrogen and oxygen atoms in total. The molecule has 0 aliphatic carbocycles. The van der Waals surface area contributed by atoms with Crippen LogP contribution in [0, 0.1) is 5.82 Å². The molecule has 0 saturated carbocycles. The molecule has 0 unspecified atom stereocenters. The second-order valence-corrected chi connectivity index (χ2v) is 6.45. The van der Waals surface area contributed by atoms with E-state index < -0.39 is 11.2 Å². The summed E-state index contributed by atoms with van der Waals surface area (Å²) in [4.78, 5) is 28.3. The van der Waals surface area contributed by atoms with Gasteiger partial charge in [-0.15, -0.1) is 0 Å². The molecule has 0 radical (unpaired) electrons. The van der Waals surface area contributed by atoms with Crippen LogP contribution in [0.25, 0.3) is 0 Å². The Morgan fingerprint density at radius 3 is 2.46 bits per heavy atom. The summed E-state index contributed by atoms with van der Waals surface area (Å²) in [6, 6.07) is 14.8. The lowest BCUT2D eigenvalue weighted by molar-refractivity contribution is 0.628. The van der Waals surface area contributed by atoms with E-state index in [4.69, 9.17) is 18.0 Å². The van der Waals surface area contributed by atoms with Crippen LogP contribution < -0.4 is 27.2 Å². The summed E-state index contributed by atoms with van der Waals surface area (Å²) < 4.78 is 14.3. The van der Waals surface area contributed by atoms with Crippen molar-refractivity contribution in [2.24, 2.45) is 0 Å². The van der Waals surface area contributed by atoms with Crippen LogP contribution in [-0.2, 0) is 6.54 Å². The number of hydrogen-bond donors (Lipinski definition) is 3. The maximum atomic E-state index is 13.0. The standard InChI is InChI=1S/C19H18FN5O2S/c1-24(19(28)22-14-9-7-13(20)8-10-14)15-16(21)25(18(27)23-17(15)26)11-12-5-3-2-4-6-12/h2-10H,11,21H2,1H3,(H,22,28)(H,23,26,27). The van der Waals surface area contributed by atoms with Crippen molar-refractivity contribution in [1.82, 2.24) is 9.55 Å². The third-order valence-corrected chi connectivity index (χ3v) is 4.51. The lowest BCUT2D eigenvalue weighted by Crippen LogP contribution is -2.40. The van der Waals surface area contributed by atoms with Crippen LogP contribution in [-0.4, -0.2) is 21.7 Å². The van der Waals surface area contributed by atoms with Crippen molar-refractivity contribution in [2.75, 3.05) is 23.0 Å². The number of rotatable bonds is 4. The molecule has 1 heterocycles. The van der Waals surface area contributed by atoms with Crippen LogP contribution >= 0.6 is 12.2 Å². The molecule has 2 aromatic carbocycles. The summed E-state index contributed by atoms with van der Waals surface area (Å²) in [5.41, 5.74) is 6.32. The number of halogens is 1. The summed E-state index contributed by atoms with van der Waals surface area (Å²) in [5, 5.41) is 3.06. The van der Waals surface area contributed by atoms with E-state index in [2.05, 4.69) is 10.3 Å². The fourth-order valence-corrected chi connectivity index (χ4v) is 2.88. The predicted octanol–water partition coefficient (Wildman–Crippen LogP) is 2.14. The highest BCUT2D eigenvalue weighted by molar-refractivity contribution is 7.80. The Bertz CT molecular complexity index is 1110. The molecule has 4 N–H and O–H groups in total. The van der Waals surface area contributed by atoms with Gasteiger partial charge in [0.1, 0.15) is 11.6 Å². The minimum atomic E-state index is -0.655. The van der Waals surface area contributed by atoms with E-state index in [0.717, 1.165) is 5.56 Å². The average molecular weight is 399 g/mol. The zero-order valence-corrected chi connectivity index (χ0v) is 15.8. The summed E-state index contributed by atoms with van der Waals surface area (Å²) in [5.74, 6) is -0.387. The fraction of sp³-hybridized carbons (Fsp3) is 0.105. The van der Waals surface area contributed by atoms with Gasteiger partial charge in [-0.1, -0.05) is 30.3 Å². The van der Waals surface area contributed by atoms with Crippen LogP contribution in [0.2, 0.25) is 0 Å². The number of nitrogens with one attached hydrogen (secondary N) is 2. The van der Waals surface area contributed by atoms with Gasteiger partial charge in [0, 0.05) is 12.7 Å². The molecule has 0 fully saturated rings. The SMILES string of the molecule is CN(C(=S)Nc1ccc(F)cc1)c1c(N)n(Cc2ccccc2)c(=O)[nH]c1=O. The van der Waals surface area contributed by atoms with Gasteiger partial charge in [0.2, 0.25) is 0 Å². The molecule has 9 heteroatoms. The molecule has 1 aromatic heterocycles. The van der Waals surface area contributed by atoms with Gasteiger partial charge < -0.3 is 16.0 Å². The largest absolute Gasteiger partial charge is 0.383 e. The molecule has 3 rings (SSSR count). The lowest BCUT2D eigenvalue weighted by Gasteiger charge is -2.23. The van der Waals surface area contributed by atoms with E-state index in [1.165, 1.54) is 33.7 Å². The Morgan fingerprint density at radius 2 is 1.82 bits per heavy atom. The molecule has 28 heavy (non-hydrogen) atoms. The summed E-state index contributed by atoms with van der Waals surface area (Å²) in [7, 11) is 1.55. The van der Waals surface area contributed by atoms with E-state index in [1.807, 2.05) is 30.3 Å². The topological polar surface area (TPSA) is 96.2 Å². The van der Waals surface area contributed by atoms with E-state index >= 15 is 0 Å². The number of nitrogen functional groups attached to an aromatic ring is 1. The smallest absolute Gasteiger partial charge is 0.330 e. The number of nitrogens with zero attached hydrogens (tertiary/aromatic N) is 2. The number of hydrogen-bond acceptors (Lipinski definition) is 4. The third kappa shape index (κ3) is 4.09. The predicted molar refractivity (Wildman–Crippen MR) is 112 cm³/mol. The Balaban J connectivity index is 1.93. The highest BCUT2D eigenvalue weighted by atomic mass is 32.1. The molecule has 0 bridgehead atoms. The number of nitrogens with two attached hydrogens (primary N) is 1. The molecule has 0 spiro atoms. The molecule has 0 aliphatic rings. The van der Waals surface area contributed by atoms with E-state index in [-0.39, 0.29) is 29.0 Å². The maximum Gasteiger partial charge on any atom is 0.330 e. The molecular formula is C19H18FN5O2S. The van der Waals surface area contributed by atoms with Gasteiger partial charge in [-0.2, -0.15) is 0 Å². The van der Waals surface area contributed by atoms with Crippen molar-refractivity contribution >= 4 is 34.5 Å². The highest BCUT2D eigenvalue weighted by Crippen LogP contribution is 2.18. The van der Waals surface area contributed by atoms with E-state index in [9.17, 15) is 14.0 Å². The van der Waals surface area contributed by atoms with E-state index in [0.29, 0.717) is 5.69 Å². The molecule has 0 saturated heterocycles. The van der Waals surface area contributed by atoms with E-state index in [1.54, 1.807) is 7.05 Å². The molecule has 144 valence electrons. The minimum Gasteiger partial charge on any atom is -0.383 e. The first kappa shape index (κ1) is 19.3. The van der Waals surface area contributed by atoms with Crippen molar-refractivity contribution in [3.05, 3.63) is 86.8 Å². The number of aromatic nitrogens is 2. The van der Waals surface area contributed by atoms with Crippen molar-refractivity contribution in [2.45, 2.75) is 6.54 Å². The molecule has 0 amide bonds. The Kier molecular flexibility index (Phi) is 5.55. The maximum absolute atomic E-state index is 13.0. The Hall–Kier alpha value is -3.46. The van der Waals surface area contributed by atoms with Gasteiger partial charge in [0.15, 0.2) is 10.8 Å². The van der Waals surface area contributed by atoms with Crippen molar-refractivity contribution < 1.29 is 4.39 Å². The van der Waals surface area contributed by atoms with Crippen molar-refractivity contribution in [3.8, 4) is 0 Å². The number of benzene rings is 2. The zero-order chi connectivity index (χ0) is 20.3. The first-order valence-corrected chi connectivity index (χ1v) is 8.74. The van der Waals surface area contributed by atoms with Gasteiger partial charge >= 0.3 is 5.69 Å². The normalized spacial score (nSPS) is 10.5.